The van der Waals surface area contributed by atoms with Gasteiger partial charge in [0.05, 0.1) is 0 Å². The van der Waals surface area contributed by atoms with Crippen LogP contribution in [0.5, 0.6) is 0 Å². The van der Waals surface area contributed by atoms with Crippen molar-refractivity contribution in [2.24, 2.45) is 0 Å². The summed E-state index contributed by atoms with van der Waals surface area (Å²) in [6.07, 6.45) is 2.10. The van der Waals surface area contributed by atoms with E-state index >= 15 is 0 Å². The molecule has 0 N–H and O–H groups in total. The van der Waals surface area contributed by atoms with E-state index in [0.29, 0.717) is 0 Å². The fourth-order valence-electron chi connectivity index (χ4n) is 2.84. The van der Waals surface area contributed by atoms with Crippen molar-refractivity contribution < 1.29 is 26.2 Å². The molecule has 28 heavy (non-hydrogen) atoms. The quantitative estimate of drug-likeness (QED) is 0.203. The van der Waals surface area contributed by atoms with Crippen molar-refractivity contribution in [3.8, 4) is 0 Å². The zero-order chi connectivity index (χ0) is 18.7. The molecule has 0 amide bonds. The van der Waals surface area contributed by atoms with E-state index in [4.69, 9.17) is 0 Å². The second kappa shape index (κ2) is 12.2. The Kier molecular flexibility index (Phi) is 9.62. The molecule has 0 heterocycles. The van der Waals surface area contributed by atoms with Crippen LogP contribution in [0.2, 0.25) is 0 Å². The van der Waals surface area contributed by atoms with Gasteiger partial charge in [0.1, 0.15) is 0 Å². The van der Waals surface area contributed by atoms with Crippen LogP contribution in [0.25, 0.3) is 27.6 Å². The molecule has 0 nitrogen and oxygen atoms in total. The largest absolute Gasteiger partial charge is 2.00 e. The third kappa shape index (κ3) is 6.71. The first-order valence-electron chi connectivity index (χ1n) is 9.08. The van der Waals surface area contributed by atoms with Crippen LogP contribution in [0, 0.1) is 0 Å². The predicted molar refractivity (Wildman–Crippen MR) is 123 cm³/mol. The van der Waals surface area contributed by atoms with Gasteiger partial charge in [0.25, 0.3) is 0 Å². The van der Waals surface area contributed by atoms with E-state index in [2.05, 4.69) is 109 Å². The first kappa shape index (κ1) is 22.0. The summed E-state index contributed by atoms with van der Waals surface area (Å²) in [6.45, 7) is 0. The van der Waals surface area contributed by atoms with Gasteiger partial charge >= 0.3 is 26.2 Å². The molecular weight excluding hydrogens is 432 g/mol. The normalized spacial score (nSPS) is 9.89. The van der Waals surface area contributed by atoms with E-state index in [1.165, 1.54) is 27.1 Å². The molecule has 0 spiro atoms. The van der Waals surface area contributed by atoms with Crippen LogP contribution >= 0.6 is 0 Å². The van der Waals surface area contributed by atoms with E-state index in [1.807, 2.05) is 28.4 Å². The van der Waals surface area contributed by atoms with Gasteiger partial charge < -0.3 is 0 Å². The number of rotatable bonds is 1. The molecule has 0 unspecified atom stereocenters. The van der Waals surface area contributed by atoms with Crippen LogP contribution in [0.1, 0.15) is 5.56 Å². The van der Waals surface area contributed by atoms with Gasteiger partial charge in [0.2, 0.25) is 0 Å². The van der Waals surface area contributed by atoms with E-state index in [1.54, 1.807) is 0 Å². The molecule has 0 aliphatic carbocycles. The van der Waals surface area contributed by atoms with Crippen molar-refractivity contribution >= 4 is 37.9 Å². The summed E-state index contributed by atoms with van der Waals surface area (Å²) in [4.78, 5) is 0. The number of benzene rings is 3. The molecule has 135 valence electrons. The molecule has 2 heteroatoms. The summed E-state index contributed by atoms with van der Waals surface area (Å²) < 4.78 is 0. The minimum absolute atomic E-state index is 0. The Balaban J connectivity index is 0.000000148. The zero-order valence-electron chi connectivity index (χ0n) is 15.8. The molecule has 0 saturated heterocycles. The van der Waals surface area contributed by atoms with Crippen molar-refractivity contribution in [1.82, 2.24) is 0 Å². The Morgan fingerprint density at radius 3 is 1.50 bits per heavy atom. The van der Waals surface area contributed by atoms with E-state index in [-0.39, 0.29) is 26.2 Å². The smallest absolute Gasteiger partial charge is 0.168 e. The Bertz CT molecular complexity index is 961. The van der Waals surface area contributed by atoms with Crippen LogP contribution in [0.15, 0.2) is 121 Å². The van der Waals surface area contributed by atoms with Gasteiger partial charge in [-0.15, -0.1) is 65.0 Å². The van der Waals surface area contributed by atoms with Crippen molar-refractivity contribution in [3.05, 3.63) is 127 Å². The average molecular weight is 455 g/mol. The summed E-state index contributed by atoms with van der Waals surface area (Å²) in [5.74, 6) is 0. The third-order valence-electron chi connectivity index (χ3n) is 4.21. The summed E-state index contributed by atoms with van der Waals surface area (Å²) in [6, 6.07) is 39.6. The first-order chi connectivity index (χ1) is 13.4. The van der Waals surface area contributed by atoms with E-state index < -0.39 is 0 Å². The van der Waals surface area contributed by atoms with Gasteiger partial charge in [-0.2, -0.15) is 35.0 Å². The van der Waals surface area contributed by atoms with Crippen molar-refractivity contribution in [3.63, 3.8) is 0 Å². The van der Waals surface area contributed by atoms with E-state index in [9.17, 15) is 0 Å². The summed E-state index contributed by atoms with van der Waals surface area (Å²) in [5.41, 5.74) is 3.34. The van der Waals surface area contributed by atoms with Crippen LogP contribution < -0.4 is 0 Å². The molecule has 0 aliphatic rings. The van der Waals surface area contributed by atoms with E-state index in [0.717, 1.165) is 0 Å². The molecular formula is C26H23SiZr. The Labute approximate surface area is 189 Å². The maximum Gasteiger partial charge on any atom is 2.00 e. The second-order valence-electron chi connectivity index (χ2n) is 6.12. The fourth-order valence-corrected chi connectivity index (χ4v) is 3.11. The molecule has 0 saturated carbocycles. The molecule has 0 bridgehead atoms. The van der Waals surface area contributed by atoms with Crippen LogP contribution in [0.3, 0.4) is 0 Å². The van der Waals surface area contributed by atoms with Crippen molar-refractivity contribution in [1.29, 1.82) is 0 Å². The molecule has 0 aliphatic heterocycles. The molecule has 5 rings (SSSR count). The summed E-state index contributed by atoms with van der Waals surface area (Å²) in [7, 11) is 1.85. The molecule has 5 aromatic rings. The van der Waals surface area contributed by atoms with Crippen LogP contribution in [-0.4, -0.2) is 10.2 Å². The predicted octanol–water partition coefficient (Wildman–Crippen LogP) is 6.41. The van der Waals surface area contributed by atoms with Crippen LogP contribution in [0.4, 0.5) is 0 Å². The van der Waals surface area contributed by atoms with Gasteiger partial charge in [-0.25, -0.2) is 0 Å². The zero-order valence-corrected chi connectivity index (χ0v) is 19.7. The molecule has 0 fully saturated rings. The minimum atomic E-state index is 0. The fraction of sp³-hybridized carbons (Fsp3) is 0. The number of fused-ring (bicyclic) bond motifs is 2. The maximum absolute atomic E-state index is 2.12. The Morgan fingerprint density at radius 1 is 0.571 bits per heavy atom. The second-order valence-corrected chi connectivity index (χ2v) is 6.59. The molecule has 5 aromatic carbocycles. The number of hydrogen-bond acceptors (Lipinski definition) is 0. The Hall–Kier alpha value is -2.28. The molecule has 0 aromatic heterocycles. The molecule has 1 radical (unpaired) electrons. The van der Waals surface area contributed by atoms with Gasteiger partial charge in [-0.05, 0) is 5.56 Å². The summed E-state index contributed by atoms with van der Waals surface area (Å²) in [5, 5.41) is 5.32. The monoisotopic (exact) mass is 453 g/mol. The standard InChI is InChI=1S/2C9H7.C8H9Si.Zr/c2*1-2-5-9-7-3-6-8(9)4-1;9-7-6-8-4-2-1-3-5-8;/h2*1-7H;1-7H,9H2;/q2*-1;;+2. The average Bonchev–Trinajstić information content (AvgIpc) is 3.39. The van der Waals surface area contributed by atoms with Gasteiger partial charge in [0, 0.05) is 10.2 Å². The topological polar surface area (TPSA) is 0 Å². The van der Waals surface area contributed by atoms with Gasteiger partial charge in [-0.1, -0.05) is 48.5 Å². The molecule has 0 atom stereocenters. The van der Waals surface area contributed by atoms with Crippen molar-refractivity contribution in [2.45, 2.75) is 0 Å². The van der Waals surface area contributed by atoms with Crippen molar-refractivity contribution in [2.75, 3.05) is 0 Å². The minimum Gasteiger partial charge on any atom is -0.168 e. The first-order valence-corrected chi connectivity index (χ1v) is 9.90. The SMILES string of the molecule is [SiH2]C=Cc1ccccc1.[Zr+2].c1ccc2[cH-]ccc2c1.c1ccc2[cH-]ccc2c1. The van der Waals surface area contributed by atoms with Crippen LogP contribution in [-0.2, 0) is 26.2 Å². The maximum atomic E-state index is 2.12. The van der Waals surface area contributed by atoms with Gasteiger partial charge in [0.15, 0.2) is 0 Å². The Morgan fingerprint density at radius 2 is 1.04 bits per heavy atom. The third-order valence-corrected chi connectivity index (χ3v) is 4.44. The number of hydrogen-bond donors (Lipinski definition) is 0. The van der Waals surface area contributed by atoms with Gasteiger partial charge in [-0.3, -0.25) is 0 Å². The summed E-state index contributed by atoms with van der Waals surface area (Å²) >= 11 is 0.